The first-order valence-corrected chi connectivity index (χ1v) is 16.4. The van der Waals surface area contributed by atoms with Crippen LogP contribution in [0.3, 0.4) is 0 Å². The van der Waals surface area contributed by atoms with E-state index in [-0.39, 0.29) is 32.0 Å². The molecule has 4 aliphatic rings. The van der Waals surface area contributed by atoms with Crippen molar-refractivity contribution >= 4 is 63.6 Å². The summed E-state index contributed by atoms with van der Waals surface area (Å²) in [7, 11) is 1.36. The van der Waals surface area contributed by atoms with E-state index < -0.39 is 51.1 Å². The molecule has 2 aliphatic heterocycles. The van der Waals surface area contributed by atoms with Crippen LogP contribution in [0.2, 0.25) is 0 Å². The Kier molecular flexibility index (Phi) is 7.07. The second kappa shape index (κ2) is 11.0. The topological polar surface area (TPSA) is 130 Å². The number of aromatic nitrogens is 1. The van der Waals surface area contributed by atoms with Gasteiger partial charge in [0, 0.05) is 18.5 Å². The van der Waals surface area contributed by atoms with E-state index in [4.69, 9.17) is 37.5 Å². The van der Waals surface area contributed by atoms with Crippen LogP contribution in [0.25, 0.3) is 22.6 Å². The molecule has 1 aromatic heterocycles. The third-order valence-corrected chi connectivity index (χ3v) is 11.7. The number of anilines is 1. The molecule has 1 N–H and O–H groups in total. The number of aliphatic hydroxyl groups excluding tert-OH is 1. The highest BCUT2D eigenvalue weighted by atomic mass is 35.5. The van der Waals surface area contributed by atoms with Crippen LogP contribution in [0.5, 0.6) is 5.75 Å². The summed E-state index contributed by atoms with van der Waals surface area (Å²) in [5.41, 5.74) is 3.78. The Balaban J connectivity index is 1.16. The van der Waals surface area contributed by atoms with Gasteiger partial charge in [0.25, 0.3) is 11.8 Å². The number of carbonyl (C=O) groups excluding carboxylic acids is 4. The lowest BCUT2D eigenvalue weighted by Gasteiger charge is -2.50. The molecule has 10 nitrogen and oxygen atoms in total. The van der Waals surface area contributed by atoms with Crippen molar-refractivity contribution in [1.29, 1.82) is 0 Å². The Morgan fingerprint density at radius 2 is 1.67 bits per heavy atom. The van der Waals surface area contributed by atoms with Gasteiger partial charge in [0.1, 0.15) is 17.9 Å². The van der Waals surface area contributed by atoms with Crippen molar-refractivity contribution in [2.24, 2.45) is 17.8 Å². The number of likely N-dealkylation sites (tertiary alicyclic amines) is 1. The molecule has 6 atom stereocenters. The molecule has 48 heavy (non-hydrogen) atoms. The molecule has 0 unspecified atom stereocenters. The zero-order chi connectivity index (χ0) is 33.5. The van der Waals surface area contributed by atoms with Gasteiger partial charge < -0.3 is 14.3 Å². The van der Waals surface area contributed by atoms with E-state index in [0.29, 0.717) is 39.6 Å². The van der Waals surface area contributed by atoms with Crippen LogP contribution in [-0.4, -0.2) is 68.6 Å². The van der Waals surface area contributed by atoms with Crippen LogP contribution in [0.15, 0.2) is 88.9 Å². The lowest BCUT2D eigenvalue weighted by atomic mass is 9.56. The maximum Gasteiger partial charge on any atom is 0.253 e. The van der Waals surface area contributed by atoms with Crippen LogP contribution < -0.4 is 9.64 Å². The van der Waals surface area contributed by atoms with Gasteiger partial charge in [-0.1, -0.05) is 35.9 Å². The first-order chi connectivity index (χ1) is 23.1. The highest BCUT2D eigenvalue weighted by Gasteiger charge is 2.75. The van der Waals surface area contributed by atoms with Gasteiger partial charge in [-0.3, -0.25) is 29.0 Å². The predicted molar refractivity (Wildman–Crippen MR) is 176 cm³/mol. The number of aliphatic hydroxyl groups is 1. The number of halogens is 2. The van der Waals surface area contributed by atoms with Crippen LogP contribution in [0.4, 0.5) is 5.69 Å². The normalized spacial score (nSPS) is 29.6. The summed E-state index contributed by atoms with van der Waals surface area (Å²) in [6.07, 6.45) is 2.07. The fourth-order valence-corrected chi connectivity index (χ4v) is 9.06. The first kappa shape index (κ1) is 30.8. The third-order valence-electron chi connectivity index (χ3n) is 10.3. The number of fused-ring (bicyclic) bond motifs is 5. The molecule has 3 aromatic carbocycles. The monoisotopic (exact) mass is 685 g/mol. The Hall–Kier alpha value is -4.51. The predicted octanol–water partition coefficient (Wildman–Crippen LogP) is 5.06. The van der Waals surface area contributed by atoms with Crippen molar-refractivity contribution in [3.8, 4) is 17.2 Å². The van der Waals surface area contributed by atoms with Crippen LogP contribution >= 0.6 is 23.2 Å². The molecule has 0 radical (unpaired) electrons. The molecule has 8 rings (SSSR count). The van der Waals surface area contributed by atoms with E-state index in [1.807, 2.05) is 30.3 Å². The molecule has 244 valence electrons. The van der Waals surface area contributed by atoms with E-state index in [9.17, 15) is 19.2 Å². The number of benzene rings is 3. The van der Waals surface area contributed by atoms with Crippen molar-refractivity contribution < 1.29 is 33.4 Å². The zero-order valence-corrected chi connectivity index (χ0v) is 27.1. The molecule has 2 saturated heterocycles. The van der Waals surface area contributed by atoms with Crippen molar-refractivity contribution in [2.45, 2.75) is 28.5 Å². The molecule has 3 heterocycles. The molecule has 4 amide bonds. The maximum absolute atomic E-state index is 14.3. The molecule has 0 spiro atoms. The molecule has 3 fully saturated rings. The van der Waals surface area contributed by atoms with Crippen molar-refractivity contribution in [3.63, 3.8) is 0 Å². The number of para-hydroxylation sites is 2. The maximum atomic E-state index is 14.3. The second-order valence-corrected chi connectivity index (χ2v) is 13.9. The zero-order valence-electron chi connectivity index (χ0n) is 25.6. The molecular weight excluding hydrogens is 657 g/mol. The Morgan fingerprint density at radius 1 is 0.938 bits per heavy atom. The van der Waals surface area contributed by atoms with Gasteiger partial charge in [0.05, 0.1) is 24.1 Å². The van der Waals surface area contributed by atoms with Gasteiger partial charge in [0.15, 0.2) is 15.3 Å². The van der Waals surface area contributed by atoms with Crippen LogP contribution in [-0.2, 0) is 19.2 Å². The van der Waals surface area contributed by atoms with E-state index in [2.05, 4.69) is 4.98 Å². The van der Waals surface area contributed by atoms with Gasteiger partial charge in [-0.05, 0) is 72.9 Å². The van der Waals surface area contributed by atoms with Gasteiger partial charge >= 0.3 is 0 Å². The lowest BCUT2D eigenvalue weighted by Crippen LogP contribution is -2.60. The molecule has 0 bridgehead atoms. The minimum Gasteiger partial charge on any atom is -0.491 e. The summed E-state index contributed by atoms with van der Waals surface area (Å²) in [6, 6.07) is 21.2. The number of imide groups is 2. The SMILES string of the molecule is CN1C(=O)[C@]2(Cl)C[C@@H]3C(=CC[C@@H]4C(=O)N(c5ccc(-c6nc7ccccc7o6)cc5)C(=O)[C@@H]43)[C@H](c3ccc(OCCO)cc3)[C@]2(Cl)C1=O. The highest BCUT2D eigenvalue weighted by molar-refractivity contribution is 6.53. The number of ether oxygens (including phenoxy) is 1. The lowest BCUT2D eigenvalue weighted by molar-refractivity contribution is -0.138. The quantitative estimate of drug-likeness (QED) is 0.169. The summed E-state index contributed by atoms with van der Waals surface area (Å²) in [4.78, 5) is 58.7. The number of carbonyl (C=O) groups is 4. The summed E-state index contributed by atoms with van der Waals surface area (Å²) in [5, 5.41) is 9.15. The van der Waals surface area contributed by atoms with Crippen molar-refractivity contribution in [3.05, 3.63) is 90.0 Å². The van der Waals surface area contributed by atoms with E-state index in [0.717, 1.165) is 10.4 Å². The fraction of sp³-hybridized carbons (Fsp3) is 0.306. The summed E-state index contributed by atoms with van der Waals surface area (Å²) in [5.74, 6) is -4.05. The van der Waals surface area contributed by atoms with Gasteiger partial charge in [-0.15, -0.1) is 23.2 Å². The minimum absolute atomic E-state index is 0.0856. The van der Waals surface area contributed by atoms with E-state index in [1.165, 1.54) is 11.9 Å². The number of nitrogens with zero attached hydrogens (tertiary/aromatic N) is 3. The molecule has 2 aliphatic carbocycles. The van der Waals surface area contributed by atoms with Crippen molar-refractivity contribution in [2.75, 3.05) is 25.2 Å². The van der Waals surface area contributed by atoms with Crippen LogP contribution in [0.1, 0.15) is 24.3 Å². The summed E-state index contributed by atoms with van der Waals surface area (Å²) in [6.45, 7) is -0.0519. The number of amides is 4. The van der Waals surface area contributed by atoms with Gasteiger partial charge in [0.2, 0.25) is 17.7 Å². The first-order valence-electron chi connectivity index (χ1n) is 15.7. The summed E-state index contributed by atoms with van der Waals surface area (Å²) < 4.78 is 11.4. The summed E-state index contributed by atoms with van der Waals surface area (Å²) >= 11 is 14.5. The molecule has 1 saturated carbocycles. The Bertz CT molecular complexity index is 2010. The fourth-order valence-electron chi connectivity index (χ4n) is 8.04. The number of hydrogen-bond acceptors (Lipinski definition) is 8. The van der Waals surface area contributed by atoms with Crippen molar-refractivity contribution in [1.82, 2.24) is 9.88 Å². The van der Waals surface area contributed by atoms with Gasteiger partial charge in [-0.2, -0.15) is 0 Å². The number of allylic oxidation sites excluding steroid dienone is 2. The largest absolute Gasteiger partial charge is 0.491 e. The number of oxazole rings is 1. The molecule has 12 heteroatoms. The highest BCUT2D eigenvalue weighted by Crippen LogP contribution is 2.65. The van der Waals surface area contributed by atoms with Crippen LogP contribution in [0, 0.1) is 17.8 Å². The Morgan fingerprint density at radius 3 is 2.38 bits per heavy atom. The molecular formula is C36H29Cl2N3O7. The standard InChI is InChI=1S/C36H29Cl2N3O7/c1-40-33(45)35(37)18-25-23(29(36(35,38)34(40)46)19-8-12-22(13-9-19)47-17-16-42)14-15-24-28(25)32(44)41(31(24)43)21-10-6-20(7-11-21)30-39-26-4-2-3-5-27(26)48-30/h2-14,24-25,28-29,42H,15-18H2,1H3/t24-,25+,28-,29-,35+,36-/m0/s1. The Labute approximate surface area is 284 Å². The smallest absolute Gasteiger partial charge is 0.253 e. The minimum atomic E-state index is -1.87. The van der Waals surface area contributed by atoms with Gasteiger partial charge in [-0.25, -0.2) is 4.98 Å². The average molecular weight is 687 g/mol. The second-order valence-electron chi connectivity index (χ2n) is 12.7. The van der Waals surface area contributed by atoms with E-state index in [1.54, 1.807) is 48.5 Å². The number of rotatable bonds is 6. The third kappa shape index (κ3) is 4.18. The average Bonchev–Trinajstić information content (AvgIpc) is 3.68. The molecule has 4 aromatic rings. The number of alkyl halides is 2. The van der Waals surface area contributed by atoms with E-state index >= 15 is 0 Å². The number of hydrogen-bond donors (Lipinski definition) is 1.